The van der Waals surface area contributed by atoms with Crippen LogP contribution in [0.5, 0.6) is 0 Å². The van der Waals surface area contributed by atoms with Crippen LogP contribution < -0.4 is 5.73 Å². The summed E-state index contributed by atoms with van der Waals surface area (Å²) >= 11 is 0. The van der Waals surface area contributed by atoms with E-state index in [2.05, 4.69) is 4.90 Å². The topological polar surface area (TPSA) is 83.6 Å². The molecule has 5 nitrogen and oxygen atoms in total. The number of rotatable bonds is 5. The molecule has 1 heterocycles. The van der Waals surface area contributed by atoms with Crippen molar-refractivity contribution < 1.29 is 14.7 Å². The van der Waals surface area contributed by atoms with E-state index >= 15 is 0 Å². The highest BCUT2D eigenvalue weighted by Crippen LogP contribution is 2.19. The van der Waals surface area contributed by atoms with Crippen LogP contribution >= 0.6 is 0 Å². The van der Waals surface area contributed by atoms with E-state index in [-0.39, 0.29) is 11.8 Å². The van der Waals surface area contributed by atoms with Crippen molar-refractivity contribution >= 4 is 18.0 Å². The molecule has 1 saturated heterocycles. The summed E-state index contributed by atoms with van der Waals surface area (Å²) in [7, 11) is 0. The number of carbonyl (C=O) groups is 2. The van der Waals surface area contributed by atoms with E-state index in [1.807, 2.05) is 24.3 Å². The monoisotopic (exact) mass is 288 g/mol. The zero-order valence-corrected chi connectivity index (χ0v) is 11.9. The molecule has 1 aliphatic rings. The number of hydrogen-bond donors (Lipinski definition) is 2. The van der Waals surface area contributed by atoms with Gasteiger partial charge in [0.15, 0.2) is 0 Å². The fourth-order valence-electron chi connectivity index (χ4n) is 2.65. The number of primary amides is 1. The van der Waals surface area contributed by atoms with Crippen LogP contribution in [0, 0.1) is 5.92 Å². The van der Waals surface area contributed by atoms with Crippen molar-refractivity contribution in [3.63, 3.8) is 0 Å². The number of carbonyl (C=O) groups excluding carboxylic acids is 1. The Bertz CT molecular complexity index is 554. The number of piperidine rings is 1. The minimum Gasteiger partial charge on any atom is -0.478 e. The van der Waals surface area contributed by atoms with Gasteiger partial charge in [-0.25, -0.2) is 4.79 Å². The minimum atomic E-state index is -0.958. The van der Waals surface area contributed by atoms with Crippen molar-refractivity contribution in [2.24, 2.45) is 11.7 Å². The second kappa shape index (κ2) is 7.04. The number of benzene rings is 1. The van der Waals surface area contributed by atoms with Crippen molar-refractivity contribution in [2.45, 2.75) is 19.4 Å². The summed E-state index contributed by atoms with van der Waals surface area (Å²) in [4.78, 5) is 24.0. The molecule has 1 aromatic carbocycles. The van der Waals surface area contributed by atoms with Crippen LogP contribution in [0.4, 0.5) is 0 Å². The smallest absolute Gasteiger partial charge is 0.328 e. The Morgan fingerprint density at radius 1 is 1.43 bits per heavy atom. The molecule has 0 aliphatic carbocycles. The highest BCUT2D eigenvalue weighted by molar-refractivity contribution is 5.85. The maximum absolute atomic E-state index is 11.3. The van der Waals surface area contributed by atoms with Gasteiger partial charge >= 0.3 is 5.97 Å². The van der Waals surface area contributed by atoms with E-state index in [1.165, 1.54) is 0 Å². The zero-order chi connectivity index (χ0) is 15.2. The van der Waals surface area contributed by atoms with E-state index in [1.54, 1.807) is 6.08 Å². The maximum atomic E-state index is 11.3. The van der Waals surface area contributed by atoms with Gasteiger partial charge in [-0.2, -0.15) is 0 Å². The third-order valence-electron chi connectivity index (χ3n) is 3.68. The minimum absolute atomic E-state index is 0.0613. The Balaban J connectivity index is 2.00. The SMILES string of the molecule is NC(=O)C1CCCN(Cc2cccc(C=CC(=O)O)c2)C1. The first-order valence-corrected chi connectivity index (χ1v) is 7.06. The van der Waals surface area contributed by atoms with Crippen LogP contribution in [0.2, 0.25) is 0 Å². The molecule has 0 radical (unpaired) electrons. The Hall–Kier alpha value is -2.14. The van der Waals surface area contributed by atoms with E-state index in [0.29, 0.717) is 6.54 Å². The molecule has 3 N–H and O–H groups in total. The summed E-state index contributed by atoms with van der Waals surface area (Å²) in [6.07, 6.45) is 4.55. The number of aliphatic carboxylic acids is 1. The molecule has 0 spiro atoms. The normalized spacial score (nSPS) is 19.7. The molecule has 5 heteroatoms. The lowest BCUT2D eigenvalue weighted by molar-refractivity contribution is -0.131. The summed E-state index contributed by atoms with van der Waals surface area (Å²) in [6.45, 7) is 2.40. The van der Waals surface area contributed by atoms with Crippen LogP contribution in [-0.2, 0) is 16.1 Å². The van der Waals surface area contributed by atoms with Crippen LogP contribution in [-0.4, -0.2) is 35.0 Å². The van der Waals surface area contributed by atoms with Crippen LogP contribution in [0.25, 0.3) is 6.08 Å². The number of nitrogens with zero attached hydrogens (tertiary/aromatic N) is 1. The first-order valence-electron chi connectivity index (χ1n) is 7.06. The first kappa shape index (κ1) is 15.3. The zero-order valence-electron chi connectivity index (χ0n) is 11.9. The summed E-state index contributed by atoms with van der Waals surface area (Å²) in [5, 5.41) is 8.65. The van der Waals surface area contributed by atoms with Crippen molar-refractivity contribution in [2.75, 3.05) is 13.1 Å². The molecule has 2 rings (SSSR count). The fraction of sp³-hybridized carbons (Fsp3) is 0.375. The molecular weight excluding hydrogens is 268 g/mol. The molecular formula is C16H20N2O3. The largest absolute Gasteiger partial charge is 0.478 e. The van der Waals surface area contributed by atoms with Gasteiger partial charge in [0.05, 0.1) is 5.92 Å². The summed E-state index contributed by atoms with van der Waals surface area (Å²) in [5.74, 6) is -1.24. The van der Waals surface area contributed by atoms with Crippen molar-refractivity contribution in [1.29, 1.82) is 0 Å². The number of nitrogens with two attached hydrogens (primary N) is 1. The average molecular weight is 288 g/mol. The highest BCUT2D eigenvalue weighted by atomic mass is 16.4. The van der Waals surface area contributed by atoms with Crippen LogP contribution in [0.3, 0.4) is 0 Å². The van der Waals surface area contributed by atoms with E-state index in [4.69, 9.17) is 10.8 Å². The average Bonchev–Trinajstić information content (AvgIpc) is 2.46. The molecule has 0 bridgehead atoms. The lowest BCUT2D eigenvalue weighted by Crippen LogP contribution is -2.40. The van der Waals surface area contributed by atoms with Gasteiger partial charge in [0.2, 0.25) is 5.91 Å². The predicted octanol–water partition coefficient (Wildman–Crippen LogP) is 1.48. The van der Waals surface area contributed by atoms with Gasteiger partial charge in [0, 0.05) is 19.2 Å². The second-order valence-corrected chi connectivity index (χ2v) is 5.39. The molecule has 0 saturated carbocycles. The Morgan fingerprint density at radius 3 is 2.95 bits per heavy atom. The van der Waals surface area contributed by atoms with Gasteiger partial charge in [-0.1, -0.05) is 24.3 Å². The standard InChI is InChI=1S/C16H20N2O3/c17-16(21)14-5-2-8-18(11-14)10-13-4-1-3-12(9-13)6-7-15(19)20/h1,3-4,6-7,9,14H,2,5,8,10-11H2,(H2,17,21)(H,19,20). The Labute approximate surface area is 124 Å². The van der Waals surface area contributed by atoms with Gasteiger partial charge in [0.25, 0.3) is 0 Å². The molecule has 1 amide bonds. The van der Waals surface area contributed by atoms with Gasteiger partial charge in [0.1, 0.15) is 0 Å². The van der Waals surface area contributed by atoms with Gasteiger partial charge in [-0.05, 0) is 36.6 Å². The van der Waals surface area contributed by atoms with E-state index in [9.17, 15) is 9.59 Å². The quantitative estimate of drug-likeness (QED) is 0.804. The van der Waals surface area contributed by atoms with E-state index in [0.717, 1.165) is 43.1 Å². The van der Waals surface area contributed by atoms with Crippen molar-refractivity contribution in [3.8, 4) is 0 Å². The number of carboxylic acid groups (broad SMARTS) is 1. The first-order chi connectivity index (χ1) is 10.0. The summed E-state index contributed by atoms with van der Waals surface area (Å²) in [6, 6.07) is 7.75. The second-order valence-electron chi connectivity index (χ2n) is 5.39. The molecule has 1 aromatic rings. The lowest BCUT2D eigenvalue weighted by atomic mass is 9.97. The van der Waals surface area contributed by atoms with Crippen molar-refractivity contribution in [3.05, 3.63) is 41.5 Å². The number of likely N-dealkylation sites (tertiary alicyclic amines) is 1. The molecule has 0 aromatic heterocycles. The third-order valence-corrected chi connectivity index (χ3v) is 3.68. The molecule has 1 fully saturated rings. The van der Waals surface area contributed by atoms with Gasteiger partial charge in [-0.15, -0.1) is 0 Å². The maximum Gasteiger partial charge on any atom is 0.328 e. The van der Waals surface area contributed by atoms with Gasteiger partial charge < -0.3 is 10.8 Å². The van der Waals surface area contributed by atoms with E-state index < -0.39 is 5.97 Å². The number of amides is 1. The van der Waals surface area contributed by atoms with Crippen LogP contribution in [0.15, 0.2) is 30.3 Å². The summed E-state index contributed by atoms with van der Waals surface area (Å²) in [5.41, 5.74) is 7.35. The molecule has 1 aliphatic heterocycles. The Kier molecular flexibility index (Phi) is 5.11. The predicted molar refractivity (Wildman–Crippen MR) is 80.3 cm³/mol. The third kappa shape index (κ3) is 4.72. The number of hydrogen-bond acceptors (Lipinski definition) is 3. The lowest BCUT2D eigenvalue weighted by Gasteiger charge is -2.31. The molecule has 21 heavy (non-hydrogen) atoms. The molecule has 1 atom stereocenters. The fourth-order valence-corrected chi connectivity index (χ4v) is 2.65. The summed E-state index contributed by atoms with van der Waals surface area (Å²) < 4.78 is 0. The Morgan fingerprint density at radius 2 is 2.24 bits per heavy atom. The van der Waals surface area contributed by atoms with Crippen molar-refractivity contribution in [1.82, 2.24) is 4.90 Å². The highest BCUT2D eigenvalue weighted by Gasteiger charge is 2.23. The number of carboxylic acids is 1. The van der Waals surface area contributed by atoms with Crippen LogP contribution in [0.1, 0.15) is 24.0 Å². The van der Waals surface area contributed by atoms with Gasteiger partial charge in [-0.3, -0.25) is 9.69 Å². The molecule has 1 unspecified atom stereocenters. The molecule has 112 valence electrons.